The molecule has 0 saturated carbocycles. The number of hydrogen-bond acceptors (Lipinski definition) is 3. The Balaban J connectivity index is 2.37. The van der Waals surface area contributed by atoms with Gasteiger partial charge >= 0.3 is 0 Å². The largest absolute Gasteiger partial charge is 0.443 e. The first-order valence-electron chi connectivity index (χ1n) is 6.10. The molecule has 0 radical (unpaired) electrons. The zero-order valence-corrected chi connectivity index (χ0v) is 11.1. The zero-order chi connectivity index (χ0) is 14.0. The van der Waals surface area contributed by atoms with E-state index in [1.807, 2.05) is 13.8 Å². The van der Waals surface area contributed by atoms with Gasteiger partial charge in [-0.25, -0.2) is 13.8 Å². The number of halogens is 2. The molecule has 0 fully saturated rings. The Bertz CT molecular complexity index is 579. The van der Waals surface area contributed by atoms with E-state index in [1.54, 1.807) is 6.92 Å². The minimum atomic E-state index is -0.648. The van der Waals surface area contributed by atoms with E-state index in [9.17, 15) is 8.78 Å². The van der Waals surface area contributed by atoms with Crippen molar-refractivity contribution in [2.45, 2.75) is 33.4 Å². The minimum Gasteiger partial charge on any atom is -0.443 e. The molecule has 1 heterocycles. The Hall–Kier alpha value is -1.75. The summed E-state index contributed by atoms with van der Waals surface area (Å²) in [6.45, 7) is 6.06. The van der Waals surface area contributed by atoms with Crippen LogP contribution in [0.5, 0.6) is 0 Å². The first-order valence-corrected chi connectivity index (χ1v) is 6.10. The van der Waals surface area contributed by atoms with Gasteiger partial charge in [0.2, 0.25) is 0 Å². The Morgan fingerprint density at radius 1 is 1.26 bits per heavy atom. The van der Waals surface area contributed by atoms with E-state index >= 15 is 0 Å². The smallest absolute Gasteiger partial charge is 0.181 e. The van der Waals surface area contributed by atoms with Crippen molar-refractivity contribution in [3.05, 3.63) is 41.4 Å². The summed E-state index contributed by atoms with van der Waals surface area (Å²) in [7, 11) is 0. The summed E-state index contributed by atoms with van der Waals surface area (Å²) >= 11 is 0. The van der Waals surface area contributed by atoms with Crippen LogP contribution < -0.4 is 5.32 Å². The number of benzene rings is 1. The molecule has 19 heavy (non-hydrogen) atoms. The van der Waals surface area contributed by atoms with Crippen molar-refractivity contribution < 1.29 is 13.2 Å². The van der Waals surface area contributed by atoms with Crippen molar-refractivity contribution in [2.75, 3.05) is 0 Å². The fourth-order valence-electron chi connectivity index (χ4n) is 1.75. The average Bonchev–Trinajstić information content (AvgIpc) is 2.79. The van der Waals surface area contributed by atoms with Crippen molar-refractivity contribution in [1.82, 2.24) is 10.3 Å². The minimum absolute atomic E-state index is 0.233. The van der Waals surface area contributed by atoms with Crippen LogP contribution in [0.1, 0.15) is 25.1 Å². The number of nitrogens with zero attached hydrogens (tertiary/aromatic N) is 1. The topological polar surface area (TPSA) is 38.1 Å². The second kappa shape index (κ2) is 5.48. The highest BCUT2D eigenvalue weighted by atomic mass is 19.1. The molecule has 0 bridgehead atoms. The maximum atomic E-state index is 13.8. The van der Waals surface area contributed by atoms with Gasteiger partial charge in [0, 0.05) is 18.7 Å². The number of nitrogens with one attached hydrogen (secondary N) is 1. The van der Waals surface area contributed by atoms with Crippen molar-refractivity contribution in [3.8, 4) is 11.3 Å². The molecule has 0 aliphatic carbocycles. The molecule has 1 N–H and O–H groups in total. The lowest BCUT2D eigenvalue weighted by Gasteiger charge is -2.08. The summed E-state index contributed by atoms with van der Waals surface area (Å²) in [6, 6.07) is 2.58. The van der Waals surface area contributed by atoms with Gasteiger partial charge in [0.25, 0.3) is 0 Å². The number of hydrogen-bond donors (Lipinski definition) is 1. The van der Waals surface area contributed by atoms with Gasteiger partial charge in [0.1, 0.15) is 17.3 Å². The van der Waals surface area contributed by atoms with Crippen LogP contribution >= 0.6 is 0 Å². The summed E-state index contributed by atoms with van der Waals surface area (Å²) < 4.78 is 32.3. The van der Waals surface area contributed by atoms with Crippen LogP contribution in [-0.4, -0.2) is 11.0 Å². The molecular weight excluding hydrogens is 250 g/mol. The Kier molecular flexibility index (Phi) is 3.95. The highest BCUT2D eigenvalue weighted by Gasteiger charge is 2.17. The summed E-state index contributed by atoms with van der Waals surface area (Å²) in [5.41, 5.74) is 1.21. The highest BCUT2D eigenvalue weighted by molar-refractivity contribution is 5.61. The van der Waals surface area contributed by atoms with Gasteiger partial charge in [0.05, 0.1) is 5.56 Å². The van der Waals surface area contributed by atoms with Gasteiger partial charge < -0.3 is 9.73 Å². The number of aryl methyl sites for hydroxylation is 1. The number of rotatable bonds is 4. The molecule has 0 amide bonds. The van der Waals surface area contributed by atoms with E-state index in [-0.39, 0.29) is 11.6 Å². The summed E-state index contributed by atoms with van der Waals surface area (Å²) in [6.07, 6.45) is 1.27. The number of oxazole rings is 1. The third-order valence-corrected chi connectivity index (χ3v) is 2.81. The van der Waals surface area contributed by atoms with Crippen LogP contribution in [0.4, 0.5) is 8.78 Å². The standard InChI is InChI=1S/C14H16F2N2O/c1-8(2)17-6-13-14(19-7-18-13)10-4-9(3)11(15)5-12(10)16/h4-5,7-8,17H,6H2,1-3H3. The molecular formula is C14H16F2N2O. The van der Waals surface area contributed by atoms with Gasteiger partial charge in [-0.05, 0) is 18.6 Å². The molecule has 0 spiro atoms. The first kappa shape index (κ1) is 13.7. The van der Waals surface area contributed by atoms with Gasteiger partial charge in [-0.3, -0.25) is 0 Å². The lowest BCUT2D eigenvalue weighted by Crippen LogP contribution is -2.22. The molecule has 0 aliphatic heterocycles. The van der Waals surface area contributed by atoms with E-state index < -0.39 is 11.6 Å². The predicted octanol–water partition coefficient (Wildman–Crippen LogP) is 3.43. The maximum Gasteiger partial charge on any atom is 0.181 e. The molecule has 0 atom stereocenters. The second-order valence-electron chi connectivity index (χ2n) is 4.75. The third kappa shape index (κ3) is 2.98. The van der Waals surface area contributed by atoms with Crippen LogP contribution in [0, 0.1) is 18.6 Å². The van der Waals surface area contributed by atoms with E-state index in [2.05, 4.69) is 10.3 Å². The van der Waals surface area contributed by atoms with Crippen LogP contribution in [0.25, 0.3) is 11.3 Å². The van der Waals surface area contributed by atoms with Crippen molar-refractivity contribution in [3.63, 3.8) is 0 Å². The van der Waals surface area contributed by atoms with Crippen molar-refractivity contribution in [1.29, 1.82) is 0 Å². The summed E-state index contributed by atoms with van der Waals surface area (Å²) in [4.78, 5) is 4.07. The molecule has 3 nitrogen and oxygen atoms in total. The van der Waals surface area contributed by atoms with E-state index in [0.29, 0.717) is 23.6 Å². The lowest BCUT2D eigenvalue weighted by molar-refractivity contribution is 0.547. The third-order valence-electron chi connectivity index (χ3n) is 2.81. The Morgan fingerprint density at radius 3 is 2.68 bits per heavy atom. The molecule has 2 rings (SSSR count). The quantitative estimate of drug-likeness (QED) is 0.921. The molecule has 1 aromatic carbocycles. The molecule has 0 unspecified atom stereocenters. The maximum absolute atomic E-state index is 13.8. The zero-order valence-electron chi connectivity index (χ0n) is 11.1. The van der Waals surface area contributed by atoms with Crippen LogP contribution in [0.15, 0.2) is 22.9 Å². The number of aromatic nitrogens is 1. The molecule has 0 aliphatic rings. The van der Waals surface area contributed by atoms with Gasteiger partial charge in [0.15, 0.2) is 12.2 Å². The predicted molar refractivity (Wildman–Crippen MR) is 68.6 cm³/mol. The molecule has 102 valence electrons. The summed E-state index contributed by atoms with van der Waals surface area (Å²) in [5, 5.41) is 3.18. The van der Waals surface area contributed by atoms with E-state index in [4.69, 9.17) is 4.42 Å². The van der Waals surface area contributed by atoms with E-state index in [0.717, 1.165) is 6.07 Å². The van der Waals surface area contributed by atoms with Crippen LogP contribution in [0.2, 0.25) is 0 Å². The van der Waals surface area contributed by atoms with Crippen molar-refractivity contribution >= 4 is 0 Å². The monoisotopic (exact) mass is 266 g/mol. The normalized spacial score (nSPS) is 11.3. The van der Waals surface area contributed by atoms with Gasteiger partial charge in [-0.15, -0.1) is 0 Å². The molecule has 1 aromatic heterocycles. The van der Waals surface area contributed by atoms with Gasteiger partial charge in [-0.1, -0.05) is 13.8 Å². The Labute approximate surface area is 110 Å². The SMILES string of the molecule is Cc1cc(-c2ocnc2CNC(C)C)c(F)cc1F. The highest BCUT2D eigenvalue weighted by Crippen LogP contribution is 2.28. The van der Waals surface area contributed by atoms with Crippen molar-refractivity contribution in [2.24, 2.45) is 0 Å². The fraction of sp³-hybridized carbons (Fsp3) is 0.357. The second-order valence-corrected chi connectivity index (χ2v) is 4.75. The first-order chi connectivity index (χ1) is 8.99. The van der Waals surface area contributed by atoms with Gasteiger partial charge in [-0.2, -0.15) is 0 Å². The summed E-state index contributed by atoms with van der Waals surface area (Å²) in [5.74, 6) is -0.873. The van der Waals surface area contributed by atoms with E-state index in [1.165, 1.54) is 12.5 Å². The fourth-order valence-corrected chi connectivity index (χ4v) is 1.75. The Morgan fingerprint density at radius 2 is 2.00 bits per heavy atom. The molecule has 2 aromatic rings. The average molecular weight is 266 g/mol. The lowest BCUT2D eigenvalue weighted by atomic mass is 10.1. The molecule has 0 saturated heterocycles. The van der Waals surface area contributed by atoms with Crippen LogP contribution in [0.3, 0.4) is 0 Å². The van der Waals surface area contributed by atoms with Crippen LogP contribution in [-0.2, 0) is 6.54 Å². The molecule has 5 heteroatoms.